The molecule has 0 spiro atoms. The summed E-state index contributed by atoms with van der Waals surface area (Å²) in [5, 5.41) is 9.69. The van der Waals surface area contributed by atoms with Crippen molar-refractivity contribution < 1.29 is 14.6 Å². The van der Waals surface area contributed by atoms with Crippen molar-refractivity contribution >= 4 is 6.09 Å². The van der Waals surface area contributed by atoms with E-state index in [0.29, 0.717) is 26.1 Å². The zero-order chi connectivity index (χ0) is 11.7. The molecule has 15 heavy (non-hydrogen) atoms. The van der Waals surface area contributed by atoms with Crippen LogP contribution in [0.15, 0.2) is 0 Å². The van der Waals surface area contributed by atoms with E-state index in [1.54, 1.807) is 11.8 Å². The first-order valence-corrected chi connectivity index (χ1v) is 5.34. The molecule has 0 saturated carbocycles. The second-order valence-corrected chi connectivity index (χ2v) is 5.78. The van der Waals surface area contributed by atoms with Crippen LogP contribution in [0, 0.1) is 5.41 Å². The Bertz CT molecular complexity index is 243. The molecule has 1 aliphatic heterocycles. The molecule has 4 heteroatoms. The van der Waals surface area contributed by atoms with E-state index in [-0.39, 0.29) is 11.5 Å². The zero-order valence-electron chi connectivity index (χ0n) is 10.0. The third-order valence-electron chi connectivity index (χ3n) is 2.34. The van der Waals surface area contributed by atoms with Crippen molar-refractivity contribution in [3.63, 3.8) is 0 Å². The summed E-state index contributed by atoms with van der Waals surface area (Å²) < 4.78 is 5.16. The van der Waals surface area contributed by atoms with E-state index in [2.05, 4.69) is 0 Å². The number of amides is 1. The average Bonchev–Trinajstić information content (AvgIpc) is 2.40. The normalized spacial score (nSPS) is 26.9. The fraction of sp³-hybridized carbons (Fsp3) is 0.909. The van der Waals surface area contributed by atoms with Crippen molar-refractivity contribution in [2.24, 2.45) is 5.41 Å². The molecule has 1 saturated heterocycles. The zero-order valence-corrected chi connectivity index (χ0v) is 10.0. The molecule has 1 N–H and O–H groups in total. The summed E-state index contributed by atoms with van der Waals surface area (Å²) >= 11 is 0. The van der Waals surface area contributed by atoms with Crippen LogP contribution in [-0.4, -0.2) is 41.4 Å². The third kappa shape index (κ3) is 4.08. The van der Waals surface area contributed by atoms with Gasteiger partial charge in [0.2, 0.25) is 0 Å². The minimum Gasteiger partial charge on any atom is -0.449 e. The van der Waals surface area contributed by atoms with Gasteiger partial charge in [-0.25, -0.2) is 4.79 Å². The number of carbonyl (C=O) groups is 1. The molecule has 1 heterocycles. The lowest BCUT2D eigenvalue weighted by Crippen LogP contribution is -2.35. The van der Waals surface area contributed by atoms with Crippen molar-refractivity contribution in [3.05, 3.63) is 0 Å². The summed E-state index contributed by atoms with van der Waals surface area (Å²) in [6, 6.07) is 0. The van der Waals surface area contributed by atoms with Crippen molar-refractivity contribution in [3.8, 4) is 0 Å². The lowest BCUT2D eigenvalue weighted by molar-refractivity contribution is 0.0514. The molecule has 1 rings (SSSR count). The summed E-state index contributed by atoms with van der Waals surface area (Å²) in [6.45, 7) is 9.14. The van der Waals surface area contributed by atoms with E-state index in [1.807, 2.05) is 20.8 Å². The van der Waals surface area contributed by atoms with Gasteiger partial charge in [0.05, 0.1) is 18.8 Å². The summed E-state index contributed by atoms with van der Waals surface area (Å²) in [5.74, 6) is 0. The van der Waals surface area contributed by atoms with Crippen molar-refractivity contribution in [1.29, 1.82) is 0 Å². The Kier molecular flexibility index (Phi) is 3.28. The van der Waals surface area contributed by atoms with Crippen LogP contribution in [0.1, 0.15) is 34.1 Å². The molecule has 0 aromatic carbocycles. The predicted octanol–water partition coefficient (Wildman–Crippen LogP) is 1.63. The molecule has 0 aromatic heterocycles. The molecular weight excluding hydrogens is 194 g/mol. The third-order valence-corrected chi connectivity index (χ3v) is 2.34. The van der Waals surface area contributed by atoms with Gasteiger partial charge in [0.15, 0.2) is 0 Å². The van der Waals surface area contributed by atoms with E-state index in [9.17, 15) is 9.90 Å². The Morgan fingerprint density at radius 2 is 2.13 bits per heavy atom. The first-order chi connectivity index (χ1) is 6.70. The molecule has 0 bridgehead atoms. The highest BCUT2D eigenvalue weighted by atomic mass is 16.6. The van der Waals surface area contributed by atoms with Crippen LogP contribution in [-0.2, 0) is 4.74 Å². The molecule has 0 radical (unpaired) electrons. The van der Waals surface area contributed by atoms with Gasteiger partial charge in [0, 0.05) is 6.54 Å². The fourth-order valence-electron chi connectivity index (χ4n) is 1.47. The van der Waals surface area contributed by atoms with Gasteiger partial charge in [-0.1, -0.05) is 20.8 Å². The van der Waals surface area contributed by atoms with Crippen LogP contribution < -0.4 is 0 Å². The van der Waals surface area contributed by atoms with Crippen LogP contribution in [0.4, 0.5) is 4.79 Å². The maximum Gasteiger partial charge on any atom is 0.409 e. The van der Waals surface area contributed by atoms with Crippen LogP contribution in [0.25, 0.3) is 0 Å². The summed E-state index contributed by atoms with van der Waals surface area (Å²) in [5.41, 5.74) is -0.765. The fourth-order valence-corrected chi connectivity index (χ4v) is 1.47. The number of rotatable bonds is 1. The Hall–Kier alpha value is -0.770. The SMILES string of the molecule is CC(C)(C)COC(=O)N1CCC(C)(O)C1. The molecule has 0 aliphatic carbocycles. The first kappa shape index (κ1) is 12.3. The second-order valence-electron chi connectivity index (χ2n) is 5.78. The number of likely N-dealkylation sites (tertiary alicyclic amines) is 1. The van der Waals surface area contributed by atoms with E-state index < -0.39 is 5.60 Å². The summed E-state index contributed by atoms with van der Waals surface area (Å²) in [6.07, 6.45) is 0.306. The number of aliphatic hydroxyl groups is 1. The van der Waals surface area contributed by atoms with E-state index in [0.717, 1.165) is 0 Å². The van der Waals surface area contributed by atoms with Crippen LogP contribution in [0.5, 0.6) is 0 Å². The Morgan fingerprint density at radius 1 is 1.53 bits per heavy atom. The number of carbonyl (C=O) groups excluding carboxylic acids is 1. The number of β-amino-alcohol motifs (C(OH)–C–C–N with tert-alkyl or cyclic N) is 1. The van der Waals surface area contributed by atoms with Gasteiger partial charge in [0.25, 0.3) is 0 Å². The van der Waals surface area contributed by atoms with Gasteiger partial charge in [0.1, 0.15) is 0 Å². The highest BCUT2D eigenvalue weighted by molar-refractivity contribution is 5.68. The number of nitrogens with zero attached hydrogens (tertiary/aromatic N) is 1. The van der Waals surface area contributed by atoms with E-state index >= 15 is 0 Å². The smallest absolute Gasteiger partial charge is 0.409 e. The summed E-state index contributed by atoms with van der Waals surface area (Å²) in [4.78, 5) is 13.1. The van der Waals surface area contributed by atoms with Gasteiger partial charge >= 0.3 is 6.09 Å². The molecular formula is C11H21NO3. The Balaban J connectivity index is 2.37. The molecule has 1 atom stereocenters. The molecule has 0 aromatic rings. The van der Waals surface area contributed by atoms with Crippen molar-refractivity contribution in [1.82, 2.24) is 4.90 Å². The van der Waals surface area contributed by atoms with E-state index in [1.165, 1.54) is 0 Å². The summed E-state index contributed by atoms with van der Waals surface area (Å²) in [7, 11) is 0. The molecule has 1 amide bonds. The maximum atomic E-state index is 11.6. The standard InChI is InChI=1S/C11H21NO3/c1-10(2,3)8-15-9(13)12-6-5-11(4,14)7-12/h14H,5-8H2,1-4H3. The van der Waals surface area contributed by atoms with Gasteiger partial charge in [-0.15, -0.1) is 0 Å². The maximum absolute atomic E-state index is 11.6. The van der Waals surface area contributed by atoms with E-state index in [4.69, 9.17) is 4.74 Å². The first-order valence-electron chi connectivity index (χ1n) is 5.34. The molecule has 1 unspecified atom stereocenters. The molecule has 88 valence electrons. The quantitative estimate of drug-likeness (QED) is 0.723. The monoisotopic (exact) mass is 215 g/mol. The van der Waals surface area contributed by atoms with Gasteiger partial charge < -0.3 is 14.7 Å². The minimum absolute atomic E-state index is 0.0160. The number of hydrogen-bond acceptors (Lipinski definition) is 3. The van der Waals surface area contributed by atoms with Crippen LogP contribution in [0.2, 0.25) is 0 Å². The molecule has 1 aliphatic rings. The molecule has 4 nitrogen and oxygen atoms in total. The topological polar surface area (TPSA) is 49.8 Å². The highest BCUT2D eigenvalue weighted by Gasteiger charge is 2.35. The van der Waals surface area contributed by atoms with Crippen LogP contribution >= 0.6 is 0 Å². The highest BCUT2D eigenvalue weighted by Crippen LogP contribution is 2.21. The lowest BCUT2D eigenvalue weighted by atomic mass is 9.99. The van der Waals surface area contributed by atoms with Gasteiger partial charge in [-0.3, -0.25) is 0 Å². The Labute approximate surface area is 91.2 Å². The predicted molar refractivity (Wildman–Crippen MR) is 57.6 cm³/mol. The average molecular weight is 215 g/mol. The van der Waals surface area contributed by atoms with Crippen molar-refractivity contribution in [2.75, 3.05) is 19.7 Å². The Morgan fingerprint density at radius 3 is 2.53 bits per heavy atom. The van der Waals surface area contributed by atoms with Gasteiger partial charge in [-0.2, -0.15) is 0 Å². The largest absolute Gasteiger partial charge is 0.449 e. The number of hydrogen-bond donors (Lipinski definition) is 1. The van der Waals surface area contributed by atoms with Gasteiger partial charge in [-0.05, 0) is 18.8 Å². The molecule has 1 fully saturated rings. The lowest BCUT2D eigenvalue weighted by Gasteiger charge is -2.22. The second kappa shape index (κ2) is 4.00. The number of ether oxygens (including phenoxy) is 1. The van der Waals surface area contributed by atoms with Crippen LogP contribution in [0.3, 0.4) is 0 Å². The van der Waals surface area contributed by atoms with Crippen molar-refractivity contribution in [2.45, 2.75) is 39.7 Å². The minimum atomic E-state index is -0.749.